The molecule has 0 aromatic heterocycles. The maximum absolute atomic E-state index is 5.81. The van der Waals surface area contributed by atoms with E-state index in [1.54, 1.807) is 0 Å². The van der Waals surface area contributed by atoms with Crippen LogP contribution in [0.1, 0.15) is 0 Å². The van der Waals surface area contributed by atoms with Crippen LogP contribution in [0, 0.1) is 0 Å². The maximum Gasteiger partial charge on any atom is 0.0875 e. The highest BCUT2D eigenvalue weighted by atomic mass is 28.3. The first-order valence-corrected chi connectivity index (χ1v) is 8.47. The van der Waals surface area contributed by atoms with Gasteiger partial charge in [0.05, 0.1) is 20.4 Å². The third kappa shape index (κ3) is 3.08. The molecule has 1 aliphatic rings. The van der Waals surface area contributed by atoms with E-state index < -0.39 is 8.07 Å². The van der Waals surface area contributed by atoms with E-state index in [9.17, 15) is 0 Å². The number of hydrogen-bond donors (Lipinski definition) is 1. The molecule has 0 aromatic carbocycles. The Kier molecular flexibility index (Phi) is 4.10. The molecule has 1 fully saturated rings. The molecule has 14 heavy (non-hydrogen) atoms. The quantitative estimate of drug-likeness (QED) is 0.567. The Hall–Kier alpha value is -0.383. The van der Waals surface area contributed by atoms with Gasteiger partial charge in [-0.1, -0.05) is 37.9 Å². The van der Waals surface area contributed by atoms with Gasteiger partial charge in [0.1, 0.15) is 0 Å². The third-order valence-corrected chi connectivity index (χ3v) is 6.25. The van der Waals surface area contributed by atoms with Crippen LogP contribution >= 0.6 is 0 Å². The SMILES string of the molecule is C=CC(=C)C[Si](C)(C)C1CNCCO1. The van der Waals surface area contributed by atoms with E-state index in [0.717, 1.165) is 31.3 Å². The Labute approximate surface area is 88.0 Å². The lowest BCUT2D eigenvalue weighted by Gasteiger charge is -2.35. The van der Waals surface area contributed by atoms with Crippen LogP contribution in [0.15, 0.2) is 24.8 Å². The fourth-order valence-electron chi connectivity index (χ4n) is 1.84. The highest BCUT2D eigenvalue weighted by Crippen LogP contribution is 2.22. The molecule has 0 spiro atoms. The van der Waals surface area contributed by atoms with Crippen molar-refractivity contribution in [3.05, 3.63) is 24.8 Å². The van der Waals surface area contributed by atoms with Crippen molar-refractivity contribution in [1.29, 1.82) is 0 Å². The number of rotatable bonds is 4. The molecule has 0 amide bonds. The molecule has 3 heteroatoms. The van der Waals surface area contributed by atoms with E-state index in [1.807, 2.05) is 6.08 Å². The standard InChI is InChI=1S/C11H21NOSi/c1-5-10(2)9-14(3,4)11-8-12-6-7-13-11/h5,11-12H,1-2,6-9H2,3-4H3. The molecule has 2 nitrogen and oxygen atoms in total. The van der Waals surface area contributed by atoms with Gasteiger partial charge in [0, 0.05) is 13.1 Å². The predicted octanol–water partition coefficient (Wildman–Crippen LogP) is 1.96. The van der Waals surface area contributed by atoms with E-state index in [1.165, 1.54) is 0 Å². The molecule has 1 saturated heterocycles. The Balaban J connectivity index is 2.53. The summed E-state index contributed by atoms with van der Waals surface area (Å²) in [6.45, 7) is 15.3. The minimum Gasteiger partial charge on any atom is -0.379 e. The van der Waals surface area contributed by atoms with Crippen molar-refractivity contribution in [3.8, 4) is 0 Å². The molecule has 0 saturated carbocycles. The fraction of sp³-hybridized carbons (Fsp3) is 0.636. The van der Waals surface area contributed by atoms with Gasteiger partial charge in [-0.15, -0.1) is 0 Å². The van der Waals surface area contributed by atoms with Crippen LogP contribution in [-0.4, -0.2) is 33.5 Å². The fourth-order valence-corrected chi connectivity index (χ4v) is 4.65. The number of nitrogens with one attached hydrogen (secondary N) is 1. The molecule has 1 unspecified atom stereocenters. The van der Waals surface area contributed by atoms with Crippen LogP contribution in [0.5, 0.6) is 0 Å². The zero-order valence-corrected chi connectivity index (χ0v) is 10.3. The average molecular weight is 211 g/mol. The van der Waals surface area contributed by atoms with Crippen LogP contribution in [-0.2, 0) is 4.74 Å². The third-order valence-electron chi connectivity index (χ3n) is 2.77. The van der Waals surface area contributed by atoms with Crippen molar-refractivity contribution in [1.82, 2.24) is 5.32 Å². The lowest BCUT2D eigenvalue weighted by atomic mass is 10.3. The second-order valence-electron chi connectivity index (χ2n) is 4.59. The molecule has 1 N–H and O–H groups in total. The van der Waals surface area contributed by atoms with Crippen LogP contribution in [0.2, 0.25) is 19.1 Å². The van der Waals surface area contributed by atoms with Crippen molar-refractivity contribution >= 4 is 8.07 Å². The van der Waals surface area contributed by atoms with Gasteiger partial charge in [-0.25, -0.2) is 0 Å². The molecule has 1 atom stereocenters. The smallest absolute Gasteiger partial charge is 0.0875 e. The van der Waals surface area contributed by atoms with E-state index >= 15 is 0 Å². The molecule has 0 radical (unpaired) electrons. The summed E-state index contributed by atoms with van der Waals surface area (Å²) >= 11 is 0. The van der Waals surface area contributed by atoms with Gasteiger partial charge in [-0.05, 0) is 6.04 Å². The largest absolute Gasteiger partial charge is 0.379 e. The summed E-state index contributed by atoms with van der Waals surface area (Å²) in [6, 6.07) is 1.09. The Morgan fingerprint density at radius 2 is 2.36 bits per heavy atom. The monoisotopic (exact) mass is 211 g/mol. The molecule has 1 aliphatic heterocycles. The second kappa shape index (κ2) is 4.91. The second-order valence-corrected chi connectivity index (χ2v) is 9.57. The molecular formula is C11H21NOSi. The summed E-state index contributed by atoms with van der Waals surface area (Å²) < 4.78 is 5.81. The first-order chi connectivity index (χ1) is 6.56. The highest BCUT2D eigenvalue weighted by molar-refractivity contribution is 6.79. The Morgan fingerprint density at radius 1 is 1.64 bits per heavy atom. The topological polar surface area (TPSA) is 21.3 Å². The number of morpholine rings is 1. The van der Waals surface area contributed by atoms with E-state index in [-0.39, 0.29) is 0 Å². The van der Waals surface area contributed by atoms with E-state index in [4.69, 9.17) is 4.74 Å². The van der Waals surface area contributed by atoms with Crippen LogP contribution in [0.3, 0.4) is 0 Å². The summed E-state index contributed by atoms with van der Waals surface area (Å²) in [5.74, 6) is 0. The van der Waals surface area contributed by atoms with Crippen molar-refractivity contribution in [3.63, 3.8) is 0 Å². The van der Waals surface area contributed by atoms with E-state index in [2.05, 4.69) is 31.6 Å². The predicted molar refractivity (Wildman–Crippen MR) is 64.2 cm³/mol. The molecule has 80 valence electrons. The first kappa shape index (κ1) is 11.7. The van der Waals surface area contributed by atoms with Gasteiger partial charge >= 0.3 is 0 Å². The summed E-state index contributed by atoms with van der Waals surface area (Å²) in [6.07, 6.45) is 1.87. The number of allylic oxidation sites excluding steroid dienone is 2. The zero-order valence-electron chi connectivity index (χ0n) is 9.31. The van der Waals surface area contributed by atoms with E-state index in [0.29, 0.717) is 5.73 Å². The molecule has 1 rings (SSSR count). The Morgan fingerprint density at radius 3 is 2.86 bits per heavy atom. The summed E-state index contributed by atoms with van der Waals surface area (Å²) in [5.41, 5.74) is 1.57. The molecule has 0 aliphatic carbocycles. The minimum atomic E-state index is -1.34. The highest BCUT2D eigenvalue weighted by Gasteiger charge is 2.33. The average Bonchev–Trinajstić information content (AvgIpc) is 2.18. The Bertz CT molecular complexity index is 219. The van der Waals surface area contributed by atoms with Gasteiger partial charge in [-0.2, -0.15) is 0 Å². The normalized spacial score (nSPS) is 23.1. The van der Waals surface area contributed by atoms with Gasteiger partial charge in [-0.3, -0.25) is 0 Å². The van der Waals surface area contributed by atoms with Gasteiger partial charge in [0.15, 0.2) is 0 Å². The lowest BCUT2D eigenvalue weighted by molar-refractivity contribution is 0.0725. The van der Waals surface area contributed by atoms with Crippen LogP contribution < -0.4 is 5.32 Å². The molecular weight excluding hydrogens is 190 g/mol. The maximum atomic E-state index is 5.81. The van der Waals surface area contributed by atoms with Crippen molar-refractivity contribution in [2.24, 2.45) is 0 Å². The van der Waals surface area contributed by atoms with Crippen LogP contribution in [0.25, 0.3) is 0 Å². The van der Waals surface area contributed by atoms with Crippen LogP contribution in [0.4, 0.5) is 0 Å². The molecule has 0 bridgehead atoms. The summed E-state index contributed by atoms with van der Waals surface area (Å²) in [4.78, 5) is 0. The van der Waals surface area contributed by atoms with Gasteiger partial charge < -0.3 is 10.1 Å². The first-order valence-electron chi connectivity index (χ1n) is 5.19. The molecule has 0 aromatic rings. The number of ether oxygens (including phenoxy) is 1. The zero-order chi connectivity index (χ0) is 10.6. The minimum absolute atomic E-state index is 0.424. The van der Waals surface area contributed by atoms with Gasteiger partial charge in [0.2, 0.25) is 0 Å². The molecule has 1 heterocycles. The van der Waals surface area contributed by atoms with Crippen molar-refractivity contribution in [2.45, 2.75) is 24.9 Å². The summed E-state index contributed by atoms with van der Waals surface area (Å²) in [7, 11) is -1.34. The number of hydrogen-bond acceptors (Lipinski definition) is 2. The van der Waals surface area contributed by atoms with Crippen molar-refractivity contribution in [2.75, 3.05) is 19.7 Å². The van der Waals surface area contributed by atoms with Gasteiger partial charge in [0.25, 0.3) is 0 Å². The lowest BCUT2D eigenvalue weighted by Crippen LogP contribution is -2.53. The van der Waals surface area contributed by atoms with Crippen molar-refractivity contribution < 1.29 is 4.74 Å². The summed E-state index contributed by atoms with van der Waals surface area (Å²) in [5, 5.41) is 3.39.